The molecule has 1 N–H and O–H groups in total. The van der Waals surface area contributed by atoms with E-state index >= 15 is 0 Å². The van der Waals surface area contributed by atoms with Gasteiger partial charge in [-0.15, -0.1) is 0 Å². The molecule has 0 aliphatic heterocycles. The lowest BCUT2D eigenvalue weighted by Crippen LogP contribution is -2.09. The number of ether oxygens (including phenoxy) is 2. The van der Waals surface area contributed by atoms with Gasteiger partial charge in [0.25, 0.3) is 5.56 Å². The maximum absolute atomic E-state index is 11.6. The summed E-state index contributed by atoms with van der Waals surface area (Å²) in [5.74, 6) is 1.18. The van der Waals surface area contributed by atoms with Crippen molar-refractivity contribution in [3.63, 3.8) is 0 Å². The van der Waals surface area contributed by atoms with E-state index in [2.05, 4.69) is 9.97 Å². The van der Waals surface area contributed by atoms with Gasteiger partial charge in [0.05, 0.1) is 14.2 Å². The van der Waals surface area contributed by atoms with Crippen LogP contribution in [0, 0.1) is 0 Å². The number of hydrogen-bond donors (Lipinski definition) is 1. The van der Waals surface area contributed by atoms with Crippen LogP contribution in [0.25, 0.3) is 11.3 Å². The molecule has 0 fully saturated rings. The molecule has 17 heavy (non-hydrogen) atoms. The topological polar surface area (TPSA) is 64.2 Å². The molecule has 0 saturated heterocycles. The van der Waals surface area contributed by atoms with Gasteiger partial charge in [-0.3, -0.25) is 4.79 Å². The highest BCUT2D eigenvalue weighted by Gasteiger charge is 2.09. The van der Waals surface area contributed by atoms with Crippen LogP contribution in [-0.4, -0.2) is 24.2 Å². The summed E-state index contributed by atoms with van der Waals surface area (Å²) in [6.07, 6.45) is 3.03. The first kappa shape index (κ1) is 11.2. The third-order valence-corrected chi connectivity index (χ3v) is 2.36. The van der Waals surface area contributed by atoms with Gasteiger partial charge < -0.3 is 14.5 Å². The highest BCUT2D eigenvalue weighted by molar-refractivity contribution is 5.63. The average molecular weight is 232 g/mol. The molecule has 2 aromatic rings. The summed E-state index contributed by atoms with van der Waals surface area (Å²) in [6, 6.07) is 5.22. The summed E-state index contributed by atoms with van der Waals surface area (Å²) in [6.45, 7) is 0. The molecule has 1 aromatic heterocycles. The van der Waals surface area contributed by atoms with Crippen LogP contribution in [-0.2, 0) is 0 Å². The van der Waals surface area contributed by atoms with Crippen molar-refractivity contribution in [1.29, 1.82) is 0 Å². The van der Waals surface area contributed by atoms with Gasteiger partial charge in [-0.05, 0) is 18.2 Å². The summed E-state index contributed by atoms with van der Waals surface area (Å²) in [7, 11) is 3.11. The molecule has 5 heteroatoms. The molecule has 2 rings (SSSR count). The van der Waals surface area contributed by atoms with E-state index in [1.54, 1.807) is 32.4 Å². The van der Waals surface area contributed by atoms with Crippen LogP contribution in [0.4, 0.5) is 0 Å². The number of nitrogens with zero attached hydrogens (tertiary/aromatic N) is 1. The highest BCUT2D eigenvalue weighted by atomic mass is 16.5. The van der Waals surface area contributed by atoms with Crippen molar-refractivity contribution in [2.24, 2.45) is 0 Å². The second-order valence-electron chi connectivity index (χ2n) is 3.34. The van der Waals surface area contributed by atoms with Crippen molar-refractivity contribution in [3.8, 4) is 22.8 Å². The van der Waals surface area contributed by atoms with E-state index in [9.17, 15) is 4.79 Å². The summed E-state index contributed by atoms with van der Waals surface area (Å²) >= 11 is 0. The van der Waals surface area contributed by atoms with E-state index in [1.807, 2.05) is 0 Å². The van der Waals surface area contributed by atoms with Crippen LogP contribution in [0.2, 0.25) is 0 Å². The normalized spacial score (nSPS) is 10.0. The third-order valence-electron chi connectivity index (χ3n) is 2.36. The Morgan fingerprint density at radius 3 is 2.59 bits per heavy atom. The molecule has 0 aliphatic carbocycles. The van der Waals surface area contributed by atoms with Crippen molar-refractivity contribution in [2.75, 3.05) is 14.2 Å². The zero-order chi connectivity index (χ0) is 12.3. The summed E-state index contributed by atoms with van der Waals surface area (Å²) < 4.78 is 10.3. The Bertz CT molecular complexity index is 578. The molecular weight excluding hydrogens is 220 g/mol. The van der Waals surface area contributed by atoms with E-state index in [1.165, 1.54) is 12.4 Å². The lowest BCUT2D eigenvalue weighted by molar-refractivity contribution is 0.355. The van der Waals surface area contributed by atoms with Crippen molar-refractivity contribution >= 4 is 0 Å². The van der Waals surface area contributed by atoms with E-state index in [4.69, 9.17) is 9.47 Å². The predicted octanol–water partition coefficient (Wildman–Crippen LogP) is 1.45. The van der Waals surface area contributed by atoms with Crippen molar-refractivity contribution in [1.82, 2.24) is 9.97 Å². The van der Waals surface area contributed by atoms with Gasteiger partial charge in [0.15, 0.2) is 11.5 Å². The zero-order valence-corrected chi connectivity index (χ0v) is 9.56. The second-order valence-corrected chi connectivity index (χ2v) is 3.34. The van der Waals surface area contributed by atoms with Gasteiger partial charge >= 0.3 is 0 Å². The molecule has 1 heterocycles. The standard InChI is InChI=1S/C12H12N2O3/c1-16-9-4-3-8(7-10(9)17-2)11-12(15)14-6-5-13-11/h3-7H,1-2H3,(H,14,15). The van der Waals surface area contributed by atoms with Crippen LogP contribution in [0.15, 0.2) is 35.4 Å². The Morgan fingerprint density at radius 1 is 1.18 bits per heavy atom. The molecule has 88 valence electrons. The van der Waals surface area contributed by atoms with Crippen LogP contribution in [0.3, 0.4) is 0 Å². The fourth-order valence-corrected chi connectivity index (χ4v) is 1.54. The molecule has 0 aliphatic rings. The number of benzene rings is 1. The van der Waals surface area contributed by atoms with Crippen molar-refractivity contribution in [3.05, 3.63) is 40.9 Å². The van der Waals surface area contributed by atoms with E-state index < -0.39 is 0 Å². The van der Waals surface area contributed by atoms with Crippen LogP contribution >= 0.6 is 0 Å². The number of H-pyrrole nitrogens is 1. The number of hydrogen-bond acceptors (Lipinski definition) is 4. The Kier molecular flexibility index (Phi) is 3.09. The molecule has 5 nitrogen and oxygen atoms in total. The van der Waals surface area contributed by atoms with Crippen LogP contribution in [0.1, 0.15) is 0 Å². The smallest absolute Gasteiger partial charge is 0.274 e. The number of nitrogens with one attached hydrogen (secondary N) is 1. The Balaban J connectivity index is 2.54. The van der Waals surface area contributed by atoms with Gasteiger partial charge in [-0.25, -0.2) is 4.98 Å². The van der Waals surface area contributed by atoms with Crippen molar-refractivity contribution < 1.29 is 9.47 Å². The molecule has 0 saturated carbocycles. The maximum Gasteiger partial charge on any atom is 0.274 e. The van der Waals surface area contributed by atoms with Gasteiger partial charge in [0, 0.05) is 18.0 Å². The molecule has 0 atom stereocenters. The van der Waals surface area contributed by atoms with Crippen LogP contribution in [0.5, 0.6) is 11.5 Å². The fraction of sp³-hybridized carbons (Fsp3) is 0.167. The quantitative estimate of drug-likeness (QED) is 0.870. The van der Waals surface area contributed by atoms with Gasteiger partial charge in [0.2, 0.25) is 0 Å². The number of aromatic nitrogens is 2. The van der Waals surface area contributed by atoms with E-state index in [0.717, 1.165) is 0 Å². The first-order chi connectivity index (χ1) is 8.26. The molecule has 0 bridgehead atoms. The summed E-state index contributed by atoms with van der Waals surface area (Å²) in [5.41, 5.74) is 0.803. The fourth-order valence-electron chi connectivity index (χ4n) is 1.54. The largest absolute Gasteiger partial charge is 0.493 e. The third kappa shape index (κ3) is 2.13. The minimum atomic E-state index is -0.236. The molecule has 1 aromatic carbocycles. The van der Waals surface area contributed by atoms with E-state index in [0.29, 0.717) is 22.8 Å². The Hall–Kier alpha value is -2.30. The van der Waals surface area contributed by atoms with Crippen molar-refractivity contribution in [2.45, 2.75) is 0 Å². The lowest BCUT2D eigenvalue weighted by Gasteiger charge is -2.08. The van der Waals surface area contributed by atoms with Gasteiger partial charge in [-0.1, -0.05) is 0 Å². The minimum Gasteiger partial charge on any atom is -0.493 e. The number of aromatic amines is 1. The Labute approximate surface area is 98.0 Å². The summed E-state index contributed by atoms with van der Waals surface area (Å²) in [4.78, 5) is 18.2. The predicted molar refractivity (Wildman–Crippen MR) is 63.4 cm³/mol. The minimum absolute atomic E-state index is 0.236. The molecule has 0 amide bonds. The zero-order valence-electron chi connectivity index (χ0n) is 9.56. The maximum atomic E-state index is 11.6. The second kappa shape index (κ2) is 4.69. The summed E-state index contributed by atoms with van der Waals surface area (Å²) in [5, 5.41) is 0. The van der Waals surface area contributed by atoms with Gasteiger partial charge in [-0.2, -0.15) is 0 Å². The lowest BCUT2D eigenvalue weighted by atomic mass is 10.1. The molecular formula is C12H12N2O3. The monoisotopic (exact) mass is 232 g/mol. The molecule has 0 radical (unpaired) electrons. The van der Waals surface area contributed by atoms with Crippen LogP contribution < -0.4 is 15.0 Å². The van der Waals surface area contributed by atoms with Gasteiger partial charge in [0.1, 0.15) is 5.69 Å². The highest BCUT2D eigenvalue weighted by Crippen LogP contribution is 2.30. The molecule has 0 spiro atoms. The average Bonchev–Trinajstić information content (AvgIpc) is 2.38. The SMILES string of the molecule is COc1ccc(-c2ncc[nH]c2=O)cc1OC. The number of methoxy groups -OCH3 is 2. The Morgan fingerprint density at radius 2 is 1.94 bits per heavy atom. The first-order valence-corrected chi connectivity index (χ1v) is 5.02. The van der Waals surface area contributed by atoms with E-state index in [-0.39, 0.29) is 5.56 Å². The molecule has 0 unspecified atom stereocenters. The first-order valence-electron chi connectivity index (χ1n) is 5.02. The number of rotatable bonds is 3.